The number of hydrogen-bond acceptors (Lipinski definition) is 10. The van der Waals surface area contributed by atoms with E-state index >= 15 is 0 Å². The molecule has 2 aromatic rings. The number of rotatable bonds is 2. The van der Waals surface area contributed by atoms with Crippen molar-refractivity contribution in [3.05, 3.63) is 70.3 Å². The van der Waals surface area contributed by atoms with Crippen molar-refractivity contribution in [1.82, 2.24) is 14.9 Å². The summed E-state index contributed by atoms with van der Waals surface area (Å²) < 4.78 is 46.9. The number of anilines is 1. The standard InChI is InChI=1S/C34H41ClN2O6S.C8H16N2O/c1-22-6-4-15-34(20-38,42-3)29-11-8-26(29)18-37-19-33(14-5-7-24-16-27(35)10-12-28(24)33)21-43-31-13-9-25(17-30(31)37)32(39)36-44(40,41)23(22)2;1-7-5-10-3-2-9-4-8(10)6-11-7/h4,9-10,12-13,15-17,20,22-23,26,29H,5-8,11,14,18-19,21H2,1-3H3,(H,36,39);7-9H,2-6H2,1H3/b15-4+;/t22-,23+,26-,29+,33-,34+;7-,8+/m01/s1. The molecule has 2 aliphatic carbocycles. The summed E-state index contributed by atoms with van der Waals surface area (Å²) in [5.74, 6) is -0.203. The van der Waals surface area contributed by atoms with Crippen LogP contribution >= 0.6 is 11.6 Å². The molecule has 11 nitrogen and oxygen atoms in total. The van der Waals surface area contributed by atoms with Crippen LogP contribution in [-0.2, 0) is 36.1 Å². The van der Waals surface area contributed by atoms with Gasteiger partial charge in [0, 0.05) is 74.3 Å². The summed E-state index contributed by atoms with van der Waals surface area (Å²) in [6.07, 6.45) is 10.1. The van der Waals surface area contributed by atoms with E-state index < -0.39 is 26.8 Å². The van der Waals surface area contributed by atoms with Gasteiger partial charge in [-0.05, 0) is 112 Å². The average Bonchev–Trinajstić information content (AvgIpc) is 3.31. The van der Waals surface area contributed by atoms with Crippen LogP contribution < -0.4 is 19.7 Å². The highest BCUT2D eigenvalue weighted by Gasteiger charge is 2.49. The molecule has 2 N–H and O–H groups in total. The molecule has 1 spiro atoms. The maximum absolute atomic E-state index is 13.4. The Kier molecular flexibility index (Phi) is 12.0. The number of sulfonamides is 1. The van der Waals surface area contributed by atoms with E-state index in [1.54, 1.807) is 32.2 Å². The van der Waals surface area contributed by atoms with E-state index in [2.05, 4.69) is 38.9 Å². The average molecular weight is 797 g/mol. The quantitative estimate of drug-likeness (QED) is 0.312. The molecule has 8 atom stereocenters. The van der Waals surface area contributed by atoms with Crippen molar-refractivity contribution in [2.45, 2.75) is 87.7 Å². The number of halogens is 1. The molecule has 4 aliphatic heterocycles. The summed E-state index contributed by atoms with van der Waals surface area (Å²) >= 11 is 6.40. The number of ether oxygens (including phenoxy) is 3. The van der Waals surface area contributed by atoms with Crippen LogP contribution in [0.25, 0.3) is 0 Å². The monoisotopic (exact) mass is 796 g/mol. The van der Waals surface area contributed by atoms with Gasteiger partial charge < -0.3 is 24.4 Å². The molecule has 2 bridgehead atoms. The molecule has 1 saturated carbocycles. The normalized spacial score (nSPS) is 35.1. The molecule has 4 heterocycles. The molecule has 0 unspecified atom stereocenters. The Hall–Kier alpha value is -3.00. The molecule has 8 rings (SSSR count). The van der Waals surface area contributed by atoms with Crippen LogP contribution in [-0.4, -0.2) is 108 Å². The fourth-order valence-corrected chi connectivity index (χ4v) is 11.0. The van der Waals surface area contributed by atoms with E-state index in [-0.39, 0.29) is 28.7 Å². The summed E-state index contributed by atoms with van der Waals surface area (Å²) in [4.78, 5) is 30.9. The van der Waals surface area contributed by atoms with Gasteiger partial charge in [0.2, 0.25) is 10.0 Å². The molecule has 0 aromatic heterocycles. The second-order valence-electron chi connectivity index (χ2n) is 16.7. The third-order valence-electron chi connectivity index (χ3n) is 13.2. The Bertz CT molecular complexity index is 1880. The van der Waals surface area contributed by atoms with E-state index in [9.17, 15) is 18.0 Å². The SMILES string of the molecule is CO[C@@]1(C=O)/C=C/C[C@H](C)[C@@H](C)S(=O)(=O)NC(=O)c2ccc3c(c2)N(C[C@@H]2CC[C@H]21)C[C@@]1(CCCc2cc(Cl)ccc21)CO3.C[C@@H]1CN2CCNC[C@H]2CO1. The van der Waals surface area contributed by atoms with Crippen molar-refractivity contribution in [1.29, 1.82) is 0 Å². The van der Waals surface area contributed by atoms with E-state index in [1.165, 1.54) is 17.7 Å². The van der Waals surface area contributed by atoms with Crippen LogP contribution in [0.3, 0.4) is 0 Å². The van der Waals surface area contributed by atoms with Gasteiger partial charge in [-0.25, -0.2) is 13.1 Å². The van der Waals surface area contributed by atoms with Crippen LogP contribution in [0.1, 0.15) is 74.4 Å². The molecule has 2 saturated heterocycles. The smallest absolute Gasteiger partial charge is 0.264 e. The number of morpholine rings is 1. The Morgan fingerprint density at radius 3 is 2.69 bits per heavy atom. The van der Waals surface area contributed by atoms with Crippen LogP contribution in [0.5, 0.6) is 5.75 Å². The van der Waals surface area contributed by atoms with Gasteiger partial charge in [-0.3, -0.25) is 14.5 Å². The molecule has 6 aliphatic rings. The lowest BCUT2D eigenvalue weighted by atomic mass is 9.64. The minimum absolute atomic E-state index is 0.0434. The summed E-state index contributed by atoms with van der Waals surface area (Å²) in [7, 11) is -2.41. The Labute approximate surface area is 331 Å². The molecule has 3 fully saturated rings. The molecule has 55 heavy (non-hydrogen) atoms. The maximum Gasteiger partial charge on any atom is 0.264 e. The van der Waals surface area contributed by atoms with E-state index in [4.69, 9.17) is 25.8 Å². The summed E-state index contributed by atoms with van der Waals surface area (Å²) in [6.45, 7) is 12.8. The van der Waals surface area contributed by atoms with Crippen molar-refractivity contribution in [2.24, 2.45) is 17.8 Å². The third-order valence-corrected chi connectivity index (χ3v) is 15.4. The topological polar surface area (TPSA) is 127 Å². The molecule has 13 heteroatoms. The molecule has 0 radical (unpaired) electrons. The first-order valence-electron chi connectivity index (χ1n) is 20.0. The number of aldehydes is 1. The van der Waals surface area contributed by atoms with Crippen molar-refractivity contribution in [3.63, 3.8) is 0 Å². The van der Waals surface area contributed by atoms with Gasteiger partial charge in [0.05, 0.1) is 30.3 Å². The number of piperazine rings is 1. The summed E-state index contributed by atoms with van der Waals surface area (Å²) in [6, 6.07) is 11.9. The second kappa shape index (κ2) is 16.5. The Morgan fingerprint density at radius 2 is 1.93 bits per heavy atom. The van der Waals surface area contributed by atoms with Crippen LogP contribution in [0.4, 0.5) is 5.69 Å². The largest absolute Gasteiger partial charge is 0.490 e. The van der Waals surface area contributed by atoms with E-state index in [0.717, 1.165) is 70.3 Å². The highest BCUT2D eigenvalue weighted by atomic mass is 35.5. The van der Waals surface area contributed by atoms with Gasteiger partial charge >= 0.3 is 0 Å². The molecule has 1 amide bonds. The predicted octanol–water partition coefficient (Wildman–Crippen LogP) is 5.15. The van der Waals surface area contributed by atoms with E-state index in [0.29, 0.717) is 49.0 Å². The number of benzene rings is 2. The maximum atomic E-state index is 13.4. The minimum atomic E-state index is -3.97. The highest BCUT2D eigenvalue weighted by molar-refractivity contribution is 7.90. The lowest BCUT2D eigenvalue weighted by Gasteiger charge is -2.48. The van der Waals surface area contributed by atoms with Gasteiger partial charge in [-0.2, -0.15) is 0 Å². The lowest BCUT2D eigenvalue weighted by Crippen LogP contribution is -2.58. The lowest BCUT2D eigenvalue weighted by molar-refractivity contribution is -0.135. The first kappa shape index (κ1) is 40.2. The number of fused-ring (bicyclic) bond motifs is 5. The third kappa shape index (κ3) is 8.23. The molecular weight excluding hydrogens is 740 g/mol. The highest BCUT2D eigenvalue weighted by Crippen LogP contribution is 2.48. The minimum Gasteiger partial charge on any atom is -0.490 e. The van der Waals surface area contributed by atoms with Crippen LogP contribution in [0, 0.1) is 17.8 Å². The zero-order valence-electron chi connectivity index (χ0n) is 32.6. The zero-order valence-corrected chi connectivity index (χ0v) is 34.2. The predicted molar refractivity (Wildman–Crippen MR) is 215 cm³/mol. The number of nitrogens with zero attached hydrogens (tertiary/aromatic N) is 2. The van der Waals surface area contributed by atoms with Crippen molar-refractivity contribution < 1.29 is 32.2 Å². The Balaban J connectivity index is 0.000000360. The second-order valence-corrected chi connectivity index (χ2v) is 19.2. The van der Waals surface area contributed by atoms with E-state index in [1.807, 2.05) is 25.1 Å². The van der Waals surface area contributed by atoms with Crippen molar-refractivity contribution in [2.75, 3.05) is 64.5 Å². The van der Waals surface area contributed by atoms with Crippen LogP contribution in [0.2, 0.25) is 5.02 Å². The molecular formula is C42H57ClN4O7S. The number of methoxy groups -OCH3 is 1. The zero-order chi connectivity index (χ0) is 39.0. The number of allylic oxidation sites excluding steroid dienone is 1. The summed E-state index contributed by atoms with van der Waals surface area (Å²) in [5.41, 5.74) is 2.05. The number of nitrogens with one attached hydrogen (secondary N) is 2. The number of carbonyl (C=O) groups excluding carboxylic acids is 2. The first-order chi connectivity index (χ1) is 26.4. The van der Waals surface area contributed by atoms with Crippen LogP contribution in [0.15, 0.2) is 48.6 Å². The first-order valence-corrected chi connectivity index (χ1v) is 21.9. The van der Waals surface area contributed by atoms with Gasteiger partial charge in [-0.1, -0.05) is 30.7 Å². The van der Waals surface area contributed by atoms with Gasteiger partial charge in [0.1, 0.15) is 11.4 Å². The molecule has 300 valence electrons. The fourth-order valence-electron chi connectivity index (χ4n) is 9.55. The van der Waals surface area contributed by atoms with Crippen molar-refractivity contribution in [3.8, 4) is 5.75 Å². The van der Waals surface area contributed by atoms with Gasteiger partial charge in [-0.15, -0.1) is 0 Å². The number of hydrogen-bond donors (Lipinski definition) is 2. The number of aryl methyl sites for hydroxylation is 1. The Morgan fingerprint density at radius 1 is 1.09 bits per heavy atom. The number of amides is 1. The fraction of sp³-hybridized carbons (Fsp3) is 0.619. The number of carbonyl (C=O) groups is 2. The molecule has 2 aromatic carbocycles. The summed E-state index contributed by atoms with van der Waals surface area (Å²) in [5, 5.41) is 3.25. The van der Waals surface area contributed by atoms with Crippen molar-refractivity contribution >= 4 is 39.5 Å². The van der Waals surface area contributed by atoms with Gasteiger partial charge in [0.25, 0.3) is 5.91 Å². The van der Waals surface area contributed by atoms with Gasteiger partial charge in [0.15, 0.2) is 6.29 Å².